The molecule has 0 aliphatic heterocycles. The standard InChI is InChI=1S/C15H12N2O/c1-10-6-7-13(12-5-3-2-4-11(10)12)14-8-9-15(18)17-16-14/h2-9H,1H3,(H,17,18). The van der Waals surface area contributed by atoms with Gasteiger partial charge in [-0.05, 0) is 29.3 Å². The third kappa shape index (κ3) is 1.70. The van der Waals surface area contributed by atoms with Crippen molar-refractivity contribution in [2.24, 2.45) is 0 Å². The molecule has 0 saturated carbocycles. The largest absolute Gasteiger partial charge is 0.268 e. The van der Waals surface area contributed by atoms with Crippen LogP contribution in [0.5, 0.6) is 0 Å². The third-order valence-corrected chi connectivity index (χ3v) is 3.10. The Bertz CT molecular complexity index is 754. The molecule has 3 aromatic rings. The van der Waals surface area contributed by atoms with Crippen molar-refractivity contribution in [3.63, 3.8) is 0 Å². The van der Waals surface area contributed by atoms with Crippen molar-refractivity contribution in [1.29, 1.82) is 0 Å². The lowest BCUT2D eigenvalue weighted by atomic mass is 9.98. The van der Waals surface area contributed by atoms with Gasteiger partial charge in [0, 0.05) is 11.6 Å². The van der Waals surface area contributed by atoms with E-state index in [4.69, 9.17) is 0 Å². The quantitative estimate of drug-likeness (QED) is 0.706. The molecule has 1 N–H and O–H groups in total. The average Bonchev–Trinajstić information content (AvgIpc) is 2.41. The fraction of sp³-hybridized carbons (Fsp3) is 0.0667. The molecule has 2 aromatic carbocycles. The van der Waals surface area contributed by atoms with Crippen LogP contribution in [-0.2, 0) is 0 Å². The third-order valence-electron chi connectivity index (χ3n) is 3.10. The maximum Gasteiger partial charge on any atom is 0.264 e. The Balaban J connectivity index is 2.33. The minimum absolute atomic E-state index is 0.185. The van der Waals surface area contributed by atoms with Crippen LogP contribution in [0.15, 0.2) is 53.3 Å². The van der Waals surface area contributed by atoms with E-state index >= 15 is 0 Å². The van der Waals surface area contributed by atoms with E-state index in [-0.39, 0.29) is 5.56 Å². The molecular weight excluding hydrogens is 224 g/mol. The van der Waals surface area contributed by atoms with Crippen molar-refractivity contribution in [3.05, 3.63) is 64.4 Å². The molecule has 88 valence electrons. The Morgan fingerprint density at radius 3 is 2.44 bits per heavy atom. The number of rotatable bonds is 1. The van der Waals surface area contributed by atoms with Crippen LogP contribution in [0.1, 0.15) is 5.56 Å². The molecule has 0 aliphatic rings. The molecule has 0 unspecified atom stereocenters. The van der Waals surface area contributed by atoms with Gasteiger partial charge in [-0.1, -0.05) is 36.4 Å². The number of aromatic amines is 1. The molecule has 1 heterocycles. The van der Waals surface area contributed by atoms with Crippen molar-refractivity contribution in [2.75, 3.05) is 0 Å². The van der Waals surface area contributed by atoms with E-state index in [2.05, 4.69) is 35.3 Å². The molecule has 0 atom stereocenters. The summed E-state index contributed by atoms with van der Waals surface area (Å²) in [6.07, 6.45) is 0. The lowest BCUT2D eigenvalue weighted by Crippen LogP contribution is -2.05. The van der Waals surface area contributed by atoms with E-state index in [0.717, 1.165) is 16.6 Å². The summed E-state index contributed by atoms with van der Waals surface area (Å²) in [5.74, 6) is 0. The Labute approximate surface area is 104 Å². The first kappa shape index (κ1) is 10.7. The van der Waals surface area contributed by atoms with Crippen LogP contribution in [0.25, 0.3) is 22.0 Å². The molecule has 3 nitrogen and oxygen atoms in total. The van der Waals surface area contributed by atoms with Gasteiger partial charge in [0.25, 0.3) is 5.56 Å². The van der Waals surface area contributed by atoms with Gasteiger partial charge in [0.05, 0.1) is 5.69 Å². The van der Waals surface area contributed by atoms with Gasteiger partial charge in [0.2, 0.25) is 0 Å². The normalized spacial score (nSPS) is 10.7. The number of aryl methyl sites for hydroxylation is 1. The topological polar surface area (TPSA) is 45.8 Å². The number of aromatic nitrogens is 2. The first-order valence-corrected chi connectivity index (χ1v) is 5.80. The number of fused-ring (bicyclic) bond motifs is 1. The van der Waals surface area contributed by atoms with Crippen LogP contribution < -0.4 is 5.56 Å². The fourth-order valence-corrected chi connectivity index (χ4v) is 2.17. The van der Waals surface area contributed by atoms with Crippen LogP contribution in [0.3, 0.4) is 0 Å². The summed E-state index contributed by atoms with van der Waals surface area (Å²) in [5, 5.41) is 8.92. The fourth-order valence-electron chi connectivity index (χ4n) is 2.17. The maximum atomic E-state index is 11.1. The molecule has 0 bridgehead atoms. The van der Waals surface area contributed by atoms with Gasteiger partial charge in [-0.2, -0.15) is 5.10 Å². The Kier molecular flexibility index (Phi) is 2.45. The first-order chi connectivity index (χ1) is 8.75. The van der Waals surface area contributed by atoms with Crippen molar-refractivity contribution in [1.82, 2.24) is 10.2 Å². The van der Waals surface area contributed by atoms with E-state index < -0.39 is 0 Å². The average molecular weight is 236 g/mol. The van der Waals surface area contributed by atoms with Gasteiger partial charge in [0.15, 0.2) is 0 Å². The summed E-state index contributed by atoms with van der Waals surface area (Å²) in [5.41, 5.74) is 2.87. The molecule has 0 aliphatic carbocycles. The van der Waals surface area contributed by atoms with Gasteiger partial charge < -0.3 is 0 Å². The summed E-state index contributed by atoms with van der Waals surface area (Å²) in [4.78, 5) is 11.1. The van der Waals surface area contributed by atoms with Gasteiger partial charge >= 0.3 is 0 Å². The van der Waals surface area contributed by atoms with E-state index in [1.807, 2.05) is 18.2 Å². The Morgan fingerprint density at radius 1 is 0.944 bits per heavy atom. The summed E-state index contributed by atoms with van der Waals surface area (Å²) in [6.45, 7) is 2.09. The highest BCUT2D eigenvalue weighted by atomic mass is 16.1. The minimum Gasteiger partial charge on any atom is -0.268 e. The molecule has 3 rings (SSSR count). The van der Waals surface area contributed by atoms with Crippen LogP contribution in [-0.4, -0.2) is 10.2 Å². The molecule has 0 amide bonds. The highest BCUT2D eigenvalue weighted by Crippen LogP contribution is 2.28. The summed E-state index contributed by atoms with van der Waals surface area (Å²) in [7, 11) is 0. The second-order valence-electron chi connectivity index (χ2n) is 4.28. The molecule has 0 radical (unpaired) electrons. The second-order valence-corrected chi connectivity index (χ2v) is 4.28. The summed E-state index contributed by atoms with van der Waals surface area (Å²) < 4.78 is 0. The van der Waals surface area contributed by atoms with Crippen LogP contribution in [0.4, 0.5) is 0 Å². The van der Waals surface area contributed by atoms with Crippen molar-refractivity contribution < 1.29 is 0 Å². The van der Waals surface area contributed by atoms with Gasteiger partial charge in [-0.25, -0.2) is 5.10 Å². The van der Waals surface area contributed by atoms with Gasteiger partial charge in [0.1, 0.15) is 0 Å². The van der Waals surface area contributed by atoms with E-state index in [0.29, 0.717) is 0 Å². The van der Waals surface area contributed by atoms with E-state index in [9.17, 15) is 4.79 Å². The predicted molar refractivity (Wildman–Crippen MR) is 72.5 cm³/mol. The van der Waals surface area contributed by atoms with Crippen LogP contribution >= 0.6 is 0 Å². The van der Waals surface area contributed by atoms with Crippen molar-refractivity contribution in [3.8, 4) is 11.3 Å². The SMILES string of the molecule is Cc1ccc(-c2ccc(=O)[nH]n2)c2ccccc12. The highest BCUT2D eigenvalue weighted by Gasteiger charge is 2.06. The Hall–Kier alpha value is -2.42. The molecular formula is C15H12N2O. The summed E-state index contributed by atoms with van der Waals surface area (Å²) in [6, 6.07) is 15.6. The van der Waals surface area contributed by atoms with Crippen LogP contribution in [0, 0.1) is 6.92 Å². The van der Waals surface area contributed by atoms with Gasteiger partial charge in [-0.15, -0.1) is 0 Å². The number of hydrogen-bond donors (Lipinski definition) is 1. The minimum atomic E-state index is -0.185. The molecule has 0 fully saturated rings. The zero-order valence-electron chi connectivity index (χ0n) is 9.97. The number of benzene rings is 2. The molecule has 0 saturated heterocycles. The molecule has 0 spiro atoms. The number of H-pyrrole nitrogens is 1. The van der Waals surface area contributed by atoms with Crippen molar-refractivity contribution >= 4 is 10.8 Å². The van der Waals surface area contributed by atoms with E-state index in [1.165, 1.54) is 17.0 Å². The monoisotopic (exact) mass is 236 g/mol. The predicted octanol–water partition coefficient (Wildman–Crippen LogP) is 2.90. The number of nitrogens with zero attached hydrogens (tertiary/aromatic N) is 1. The zero-order chi connectivity index (χ0) is 12.5. The zero-order valence-corrected chi connectivity index (χ0v) is 9.97. The van der Waals surface area contributed by atoms with Crippen LogP contribution in [0.2, 0.25) is 0 Å². The summed E-state index contributed by atoms with van der Waals surface area (Å²) >= 11 is 0. The second kappa shape index (κ2) is 4.11. The number of hydrogen-bond acceptors (Lipinski definition) is 2. The first-order valence-electron chi connectivity index (χ1n) is 5.80. The van der Waals surface area contributed by atoms with Gasteiger partial charge in [-0.3, -0.25) is 4.79 Å². The highest BCUT2D eigenvalue weighted by molar-refractivity contribution is 5.97. The van der Waals surface area contributed by atoms with E-state index in [1.54, 1.807) is 6.07 Å². The number of nitrogens with one attached hydrogen (secondary N) is 1. The van der Waals surface area contributed by atoms with Crippen molar-refractivity contribution in [2.45, 2.75) is 6.92 Å². The smallest absolute Gasteiger partial charge is 0.264 e. The lowest BCUT2D eigenvalue weighted by Gasteiger charge is -2.07. The molecule has 18 heavy (non-hydrogen) atoms. The molecule has 3 heteroatoms. The molecule has 1 aromatic heterocycles. The lowest BCUT2D eigenvalue weighted by molar-refractivity contribution is 0.996. The maximum absolute atomic E-state index is 11.1. The Morgan fingerprint density at radius 2 is 1.72 bits per heavy atom.